The highest BCUT2D eigenvalue weighted by Gasteiger charge is 2.21. The molecule has 0 saturated carbocycles. The highest BCUT2D eigenvalue weighted by molar-refractivity contribution is 5.99. The number of methoxy groups -OCH3 is 2. The van der Waals surface area contributed by atoms with Crippen LogP contribution in [-0.2, 0) is 4.74 Å². The Balaban J connectivity index is 1.69. The second-order valence-corrected chi connectivity index (χ2v) is 5.86. The molecule has 0 spiro atoms. The van der Waals surface area contributed by atoms with Gasteiger partial charge in [0, 0.05) is 11.1 Å². The molecule has 0 aliphatic heterocycles. The van der Waals surface area contributed by atoms with E-state index in [9.17, 15) is 9.59 Å². The number of aryl methyl sites for hydroxylation is 1. The van der Waals surface area contributed by atoms with Gasteiger partial charge in [-0.15, -0.1) is 0 Å². The number of ether oxygens (including phenoxy) is 3. The maximum atomic E-state index is 12.3. The number of ketones is 1. The van der Waals surface area contributed by atoms with E-state index in [0.717, 1.165) is 5.56 Å². The monoisotopic (exact) mass is 381 g/mol. The minimum Gasteiger partial charge on any atom is -0.493 e. The quantitative estimate of drug-likeness (QED) is 0.455. The van der Waals surface area contributed by atoms with Crippen LogP contribution in [0.3, 0.4) is 0 Å². The normalized spacial score (nSPS) is 10.4. The van der Waals surface area contributed by atoms with E-state index < -0.39 is 12.6 Å². The standard InChI is InChI=1S/C21H19NO6/c1-13-19(22-20(28-13)14-7-5-4-6-8-14)21(24)27-12-16(23)15-9-10-17(25-2)18(11-15)26-3/h4-11H,12H2,1-3H3. The minimum absolute atomic E-state index is 0.0407. The first kappa shape index (κ1) is 19.2. The van der Waals surface area contributed by atoms with Gasteiger partial charge >= 0.3 is 5.97 Å². The van der Waals surface area contributed by atoms with E-state index in [1.165, 1.54) is 20.3 Å². The molecule has 0 atom stereocenters. The highest BCUT2D eigenvalue weighted by Crippen LogP contribution is 2.28. The number of hydrogen-bond acceptors (Lipinski definition) is 7. The van der Waals surface area contributed by atoms with Gasteiger partial charge in [-0.25, -0.2) is 9.78 Å². The number of aromatic nitrogens is 1. The van der Waals surface area contributed by atoms with Crippen molar-refractivity contribution in [1.29, 1.82) is 0 Å². The number of hydrogen-bond donors (Lipinski definition) is 0. The van der Waals surface area contributed by atoms with Gasteiger partial charge in [0.2, 0.25) is 5.89 Å². The summed E-state index contributed by atoms with van der Waals surface area (Å²) in [4.78, 5) is 28.9. The summed E-state index contributed by atoms with van der Waals surface area (Å²) in [6, 6.07) is 13.9. The molecule has 0 aliphatic carbocycles. The number of oxazole rings is 1. The molecule has 7 nitrogen and oxygen atoms in total. The zero-order valence-corrected chi connectivity index (χ0v) is 15.7. The summed E-state index contributed by atoms with van der Waals surface area (Å²) < 4.78 is 21.0. The molecule has 1 heterocycles. The van der Waals surface area contributed by atoms with Gasteiger partial charge in [0.1, 0.15) is 5.76 Å². The van der Waals surface area contributed by atoms with Crippen LogP contribution in [0.1, 0.15) is 26.6 Å². The van der Waals surface area contributed by atoms with Crippen molar-refractivity contribution < 1.29 is 28.2 Å². The van der Waals surface area contributed by atoms with Crippen LogP contribution < -0.4 is 9.47 Å². The first-order valence-corrected chi connectivity index (χ1v) is 8.48. The smallest absolute Gasteiger partial charge is 0.361 e. The molecule has 2 aromatic carbocycles. The lowest BCUT2D eigenvalue weighted by atomic mass is 10.1. The summed E-state index contributed by atoms with van der Waals surface area (Å²) in [5, 5.41) is 0. The third kappa shape index (κ3) is 4.03. The maximum absolute atomic E-state index is 12.3. The van der Waals surface area contributed by atoms with Gasteiger partial charge < -0.3 is 18.6 Å². The number of Topliss-reactive ketones (excluding diaryl/α,β-unsaturated/α-hetero) is 1. The molecule has 3 aromatic rings. The lowest BCUT2D eigenvalue weighted by molar-refractivity contribution is 0.0467. The number of carbonyl (C=O) groups is 2. The molecule has 3 rings (SSSR count). The van der Waals surface area contributed by atoms with Crippen molar-refractivity contribution in [3.05, 3.63) is 65.5 Å². The molecule has 7 heteroatoms. The lowest BCUT2D eigenvalue weighted by Crippen LogP contribution is -2.15. The van der Waals surface area contributed by atoms with E-state index in [4.69, 9.17) is 18.6 Å². The average Bonchev–Trinajstić information content (AvgIpc) is 3.13. The molecule has 0 amide bonds. The van der Waals surface area contributed by atoms with Crippen LogP contribution in [0.2, 0.25) is 0 Å². The molecule has 0 bridgehead atoms. The summed E-state index contributed by atoms with van der Waals surface area (Å²) in [5.41, 5.74) is 1.12. The van der Waals surface area contributed by atoms with Crippen molar-refractivity contribution in [2.45, 2.75) is 6.92 Å². The van der Waals surface area contributed by atoms with Crippen LogP contribution in [0.25, 0.3) is 11.5 Å². The largest absolute Gasteiger partial charge is 0.493 e. The molecule has 0 N–H and O–H groups in total. The molecule has 0 aliphatic rings. The number of rotatable bonds is 7. The van der Waals surface area contributed by atoms with Crippen molar-refractivity contribution in [2.24, 2.45) is 0 Å². The van der Waals surface area contributed by atoms with E-state index in [0.29, 0.717) is 28.7 Å². The summed E-state index contributed by atoms with van der Waals surface area (Å²) in [6.45, 7) is 1.19. The molecule has 1 aromatic heterocycles. The predicted molar refractivity (Wildman–Crippen MR) is 101 cm³/mol. The second kappa shape index (κ2) is 8.39. The number of benzene rings is 2. The molecule has 28 heavy (non-hydrogen) atoms. The van der Waals surface area contributed by atoms with Gasteiger partial charge in [-0.1, -0.05) is 18.2 Å². The van der Waals surface area contributed by atoms with Crippen LogP contribution in [0.5, 0.6) is 11.5 Å². The van der Waals surface area contributed by atoms with Gasteiger partial charge in [0.05, 0.1) is 14.2 Å². The van der Waals surface area contributed by atoms with Crippen LogP contribution >= 0.6 is 0 Å². The Morgan fingerprint density at radius 3 is 2.39 bits per heavy atom. The first-order valence-electron chi connectivity index (χ1n) is 8.48. The van der Waals surface area contributed by atoms with Gasteiger partial charge in [-0.3, -0.25) is 4.79 Å². The number of esters is 1. The van der Waals surface area contributed by atoms with E-state index in [1.807, 2.05) is 30.3 Å². The zero-order chi connectivity index (χ0) is 20.1. The third-order valence-corrected chi connectivity index (χ3v) is 4.05. The molecular formula is C21H19NO6. The van der Waals surface area contributed by atoms with Crippen LogP contribution in [0.15, 0.2) is 52.9 Å². The number of nitrogens with zero attached hydrogens (tertiary/aromatic N) is 1. The van der Waals surface area contributed by atoms with Gasteiger partial charge in [-0.2, -0.15) is 0 Å². The van der Waals surface area contributed by atoms with Crippen molar-refractivity contribution in [1.82, 2.24) is 4.98 Å². The maximum Gasteiger partial charge on any atom is 0.361 e. The predicted octanol–water partition coefficient (Wildman–Crippen LogP) is 3.71. The van der Waals surface area contributed by atoms with E-state index in [-0.39, 0.29) is 11.5 Å². The topological polar surface area (TPSA) is 87.9 Å². The highest BCUT2D eigenvalue weighted by atomic mass is 16.5. The van der Waals surface area contributed by atoms with Gasteiger partial charge in [0.15, 0.2) is 29.6 Å². The minimum atomic E-state index is -0.725. The molecule has 0 unspecified atom stereocenters. The third-order valence-electron chi connectivity index (χ3n) is 4.05. The van der Waals surface area contributed by atoms with Gasteiger partial charge in [-0.05, 0) is 37.3 Å². The summed E-state index contributed by atoms with van der Waals surface area (Å²) in [7, 11) is 2.98. The van der Waals surface area contributed by atoms with Crippen LogP contribution in [0, 0.1) is 6.92 Å². The van der Waals surface area contributed by atoms with Gasteiger partial charge in [0.25, 0.3) is 0 Å². The Labute approximate surface area is 161 Å². The summed E-state index contributed by atoms with van der Waals surface area (Å²) >= 11 is 0. The fourth-order valence-corrected chi connectivity index (χ4v) is 2.58. The fraction of sp³-hybridized carbons (Fsp3) is 0.190. The van der Waals surface area contributed by atoms with Crippen molar-refractivity contribution in [3.63, 3.8) is 0 Å². The molecule has 0 saturated heterocycles. The lowest BCUT2D eigenvalue weighted by Gasteiger charge is -2.09. The molecule has 0 radical (unpaired) electrons. The number of carbonyl (C=O) groups excluding carboxylic acids is 2. The Bertz CT molecular complexity index is 993. The summed E-state index contributed by atoms with van der Waals surface area (Å²) in [5.74, 6) is 0.455. The molecular weight excluding hydrogens is 362 g/mol. The SMILES string of the molecule is COc1ccc(C(=O)COC(=O)c2nc(-c3ccccc3)oc2C)cc1OC. The zero-order valence-electron chi connectivity index (χ0n) is 15.7. The van der Waals surface area contributed by atoms with E-state index in [1.54, 1.807) is 19.1 Å². The van der Waals surface area contributed by atoms with Crippen LogP contribution in [-0.4, -0.2) is 37.6 Å². The molecule has 144 valence electrons. The fourth-order valence-electron chi connectivity index (χ4n) is 2.58. The van der Waals surface area contributed by atoms with Crippen molar-refractivity contribution >= 4 is 11.8 Å². The Morgan fingerprint density at radius 2 is 1.71 bits per heavy atom. The first-order chi connectivity index (χ1) is 13.5. The second-order valence-electron chi connectivity index (χ2n) is 5.86. The summed E-state index contributed by atoms with van der Waals surface area (Å²) in [6.07, 6.45) is 0. The van der Waals surface area contributed by atoms with E-state index in [2.05, 4.69) is 4.98 Å². The van der Waals surface area contributed by atoms with Crippen LogP contribution in [0.4, 0.5) is 0 Å². The Morgan fingerprint density at radius 1 is 1.00 bits per heavy atom. The molecule has 0 fully saturated rings. The Hall–Kier alpha value is -3.61. The van der Waals surface area contributed by atoms with E-state index >= 15 is 0 Å². The Kier molecular flexibility index (Phi) is 5.74. The average molecular weight is 381 g/mol. The van der Waals surface area contributed by atoms with Crippen molar-refractivity contribution in [2.75, 3.05) is 20.8 Å². The van der Waals surface area contributed by atoms with Crippen molar-refractivity contribution in [3.8, 4) is 23.0 Å².